The van der Waals surface area contributed by atoms with Gasteiger partial charge in [-0.3, -0.25) is 4.79 Å². The summed E-state index contributed by atoms with van der Waals surface area (Å²) in [6, 6.07) is 0. The topological polar surface area (TPSA) is 17.1 Å². The Morgan fingerprint density at radius 2 is 2.27 bits per heavy atom. The molecule has 1 rings (SSSR count). The van der Waals surface area contributed by atoms with Crippen molar-refractivity contribution in [1.82, 2.24) is 0 Å². The van der Waals surface area contributed by atoms with Crippen LogP contribution in [0, 0.1) is 5.92 Å². The molecule has 1 nitrogen and oxygen atoms in total. The lowest BCUT2D eigenvalue weighted by Gasteiger charge is -2.09. The molecule has 1 unspecified atom stereocenters. The summed E-state index contributed by atoms with van der Waals surface area (Å²) in [7, 11) is 0. The Hall–Kier alpha value is -0.820. The average molecular weight is 225 g/mol. The van der Waals surface area contributed by atoms with E-state index in [4.69, 9.17) is 11.6 Å². The lowest BCUT2D eigenvalue weighted by Crippen LogP contribution is -2.07. The van der Waals surface area contributed by atoms with Crippen LogP contribution in [0.15, 0.2) is 34.4 Å². The summed E-state index contributed by atoms with van der Waals surface area (Å²) >= 11 is 5.99. The van der Waals surface area contributed by atoms with Crippen molar-refractivity contribution in [2.24, 2.45) is 5.92 Å². The molecule has 0 aromatic rings. The Bertz CT molecular complexity index is 348. The molecule has 0 amide bonds. The normalized spacial score (nSPS) is 18.5. The highest BCUT2D eigenvalue weighted by Crippen LogP contribution is 2.24. The summed E-state index contributed by atoms with van der Waals surface area (Å²) in [6.45, 7) is 5.65. The van der Waals surface area contributed by atoms with Crippen LogP contribution < -0.4 is 0 Å². The van der Waals surface area contributed by atoms with Crippen LogP contribution >= 0.6 is 11.6 Å². The monoisotopic (exact) mass is 224 g/mol. The van der Waals surface area contributed by atoms with Gasteiger partial charge in [0.15, 0.2) is 0 Å². The van der Waals surface area contributed by atoms with Gasteiger partial charge in [-0.1, -0.05) is 30.7 Å². The standard InChI is InChI=1S/C13H17ClO/c1-9(11(3)15)7-12-5-4-6-13(14)8-10(12)2/h4-5,8-9H,6-7H2,1-3H3. The minimum Gasteiger partial charge on any atom is -0.300 e. The van der Waals surface area contributed by atoms with Crippen LogP contribution in [0.4, 0.5) is 0 Å². The van der Waals surface area contributed by atoms with Gasteiger partial charge >= 0.3 is 0 Å². The number of hydrogen-bond donors (Lipinski definition) is 0. The first-order chi connectivity index (χ1) is 7.00. The smallest absolute Gasteiger partial charge is 0.132 e. The van der Waals surface area contributed by atoms with Crippen molar-refractivity contribution in [1.29, 1.82) is 0 Å². The van der Waals surface area contributed by atoms with Crippen LogP contribution in [0.3, 0.4) is 0 Å². The average Bonchev–Trinajstić information content (AvgIpc) is 2.28. The van der Waals surface area contributed by atoms with Gasteiger partial charge in [0.2, 0.25) is 0 Å². The van der Waals surface area contributed by atoms with Gasteiger partial charge in [0.1, 0.15) is 5.78 Å². The number of rotatable bonds is 3. The summed E-state index contributed by atoms with van der Waals surface area (Å²) in [5, 5.41) is 0.856. The van der Waals surface area contributed by atoms with Gasteiger partial charge in [-0.15, -0.1) is 0 Å². The summed E-state index contributed by atoms with van der Waals surface area (Å²) in [5.74, 6) is 0.327. The zero-order valence-electron chi connectivity index (χ0n) is 9.51. The Morgan fingerprint density at radius 1 is 1.60 bits per heavy atom. The maximum absolute atomic E-state index is 11.2. The molecule has 0 saturated heterocycles. The van der Waals surface area contributed by atoms with Gasteiger partial charge in [-0.2, -0.15) is 0 Å². The molecule has 0 aliphatic heterocycles. The van der Waals surface area contributed by atoms with E-state index in [-0.39, 0.29) is 11.7 Å². The lowest BCUT2D eigenvalue weighted by molar-refractivity contribution is -0.120. The number of halogens is 1. The first-order valence-electron chi connectivity index (χ1n) is 5.23. The molecule has 15 heavy (non-hydrogen) atoms. The van der Waals surface area contributed by atoms with Crippen LogP contribution in [-0.2, 0) is 4.79 Å². The van der Waals surface area contributed by atoms with E-state index in [1.54, 1.807) is 6.92 Å². The summed E-state index contributed by atoms with van der Waals surface area (Å²) < 4.78 is 0. The Labute approximate surface area is 96.5 Å². The SMILES string of the molecule is CC(=O)C(C)CC1=C(C)C=C(Cl)CC=C1. The van der Waals surface area contributed by atoms with Gasteiger partial charge < -0.3 is 0 Å². The number of hydrogen-bond acceptors (Lipinski definition) is 1. The maximum atomic E-state index is 11.2. The first kappa shape index (κ1) is 12.3. The molecule has 0 aromatic heterocycles. The highest BCUT2D eigenvalue weighted by atomic mass is 35.5. The fourth-order valence-corrected chi connectivity index (χ4v) is 1.79. The lowest BCUT2D eigenvalue weighted by atomic mass is 9.95. The number of allylic oxidation sites excluding steroid dienone is 6. The van der Waals surface area contributed by atoms with Crippen molar-refractivity contribution in [3.05, 3.63) is 34.4 Å². The molecule has 82 valence electrons. The Balaban J connectivity index is 2.84. The summed E-state index contributed by atoms with van der Waals surface area (Å²) in [6.07, 6.45) is 7.72. The molecule has 1 aliphatic carbocycles. The number of ketones is 1. The van der Waals surface area contributed by atoms with Crippen molar-refractivity contribution < 1.29 is 4.79 Å². The maximum Gasteiger partial charge on any atom is 0.132 e. The molecule has 0 radical (unpaired) electrons. The highest BCUT2D eigenvalue weighted by molar-refractivity contribution is 6.29. The molecule has 0 N–H and O–H groups in total. The molecule has 2 heteroatoms. The number of carbonyl (C=O) groups is 1. The second kappa shape index (κ2) is 5.32. The van der Waals surface area contributed by atoms with Gasteiger partial charge in [0, 0.05) is 17.4 Å². The number of carbonyl (C=O) groups excluding carboxylic acids is 1. The van der Waals surface area contributed by atoms with Crippen molar-refractivity contribution in [3.63, 3.8) is 0 Å². The van der Waals surface area contributed by atoms with Crippen molar-refractivity contribution in [2.75, 3.05) is 0 Å². The molecule has 0 fully saturated rings. The van der Waals surface area contributed by atoms with E-state index < -0.39 is 0 Å². The van der Waals surface area contributed by atoms with E-state index in [0.717, 1.165) is 17.9 Å². The highest BCUT2D eigenvalue weighted by Gasteiger charge is 2.11. The fourth-order valence-electron chi connectivity index (χ4n) is 1.53. The predicted octanol–water partition coefficient (Wildman–Crippen LogP) is 4.00. The van der Waals surface area contributed by atoms with Crippen molar-refractivity contribution in [2.45, 2.75) is 33.6 Å². The zero-order valence-corrected chi connectivity index (χ0v) is 10.3. The zero-order chi connectivity index (χ0) is 11.4. The Morgan fingerprint density at radius 3 is 2.87 bits per heavy atom. The van der Waals surface area contributed by atoms with Crippen molar-refractivity contribution in [3.8, 4) is 0 Å². The van der Waals surface area contributed by atoms with Gasteiger partial charge in [-0.05, 0) is 37.5 Å². The Kier molecular flexibility index (Phi) is 4.34. The van der Waals surface area contributed by atoms with Crippen LogP contribution in [0.1, 0.15) is 33.6 Å². The van der Waals surface area contributed by atoms with Crippen LogP contribution in [0.25, 0.3) is 0 Å². The van der Waals surface area contributed by atoms with Crippen LogP contribution in [-0.4, -0.2) is 5.78 Å². The fraction of sp³-hybridized carbons (Fsp3) is 0.462. The quantitative estimate of drug-likeness (QED) is 0.708. The van der Waals surface area contributed by atoms with E-state index in [1.807, 2.05) is 19.9 Å². The third-order valence-electron chi connectivity index (χ3n) is 2.73. The molecule has 0 spiro atoms. The molecule has 1 aliphatic rings. The molecule has 1 atom stereocenters. The molecule has 0 aromatic carbocycles. The molecule has 0 bridgehead atoms. The van der Waals surface area contributed by atoms with E-state index >= 15 is 0 Å². The van der Waals surface area contributed by atoms with E-state index in [9.17, 15) is 4.79 Å². The third-order valence-corrected chi connectivity index (χ3v) is 3.00. The molecule has 0 saturated carbocycles. The second-order valence-corrected chi connectivity index (χ2v) is 4.61. The summed E-state index contributed by atoms with van der Waals surface area (Å²) in [5.41, 5.74) is 2.38. The van der Waals surface area contributed by atoms with Gasteiger partial charge in [0.25, 0.3) is 0 Å². The minimum absolute atomic E-state index is 0.0878. The molecular formula is C13H17ClO. The van der Waals surface area contributed by atoms with Crippen molar-refractivity contribution >= 4 is 17.4 Å². The third kappa shape index (κ3) is 3.67. The minimum atomic E-state index is 0.0878. The predicted molar refractivity (Wildman–Crippen MR) is 64.9 cm³/mol. The summed E-state index contributed by atoms with van der Waals surface area (Å²) in [4.78, 5) is 11.2. The largest absolute Gasteiger partial charge is 0.300 e. The first-order valence-corrected chi connectivity index (χ1v) is 5.61. The molecule has 0 heterocycles. The van der Waals surface area contributed by atoms with Crippen LogP contribution in [0.2, 0.25) is 0 Å². The molecular weight excluding hydrogens is 208 g/mol. The van der Waals surface area contributed by atoms with E-state index in [0.29, 0.717) is 0 Å². The van der Waals surface area contributed by atoms with E-state index in [1.165, 1.54) is 11.1 Å². The second-order valence-electron chi connectivity index (χ2n) is 4.12. The van der Waals surface area contributed by atoms with Gasteiger partial charge in [-0.25, -0.2) is 0 Å². The van der Waals surface area contributed by atoms with E-state index in [2.05, 4.69) is 12.2 Å². The number of Topliss-reactive ketones (excluding diaryl/α,β-unsaturated/α-hetero) is 1. The van der Waals surface area contributed by atoms with Crippen LogP contribution in [0.5, 0.6) is 0 Å². The van der Waals surface area contributed by atoms with Gasteiger partial charge in [0.05, 0.1) is 0 Å².